The second kappa shape index (κ2) is 6.06. The number of anilines is 1. The molecule has 0 unspecified atom stereocenters. The van der Waals surface area contributed by atoms with Crippen LogP contribution in [0.2, 0.25) is 0 Å². The molecule has 2 aromatic carbocycles. The highest BCUT2D eigenvalue weighted by Crippen LogP contribution is 2.50. The molecule has 2 aromatic rings. The van der Waals surface area contributed by atoms with Crippen LogP contribution in [0.4, 0.5) is 5.69 Å². The highest BCUT2D eigenvalue weighted by Gasteiger charge is 2.54. The van der Waals surface area contributed by atoms with E-state index in [1.165, 1.54) is 0 Å². The Labute approximate surface area is 165 Å². The van der Waals surface area contributed by atoms with E-state index in [0.29, 0.717) is 31.6 Å². The Bertz CT molecular complexity index is 1020. The molecule has 6 nitrogen and oxygen atoms in total. The van der Waals surface area contributed by atoms with Gasteiger partial charge in [-0.1, -0.05) is 42.5 Å². The number of sulfonamides is 1. The maximum absolute atomic E-state index is 13.2. The zero-order valence-electron chi connectivity index (χ0n) is 15.5. The molecule has 2 fully saturated rings. The lowest BCUT2D eigenvalue weighted by Gasteiger charge is -2.46. The number of para-hydroxylation sites is 1. The van der Waals surface area contributed by atoms with Gasteiger partial charge in [0.2, 0.25) is 15.9 Å². The number of nitrogens with one attached hydrogen (secondary N) is 2. The van der Waals surface area contributed by atoms with Crippen molar-refractivity contribution in [2.45, 2.75) is 41.7 Å². The zero-order chi connectivity index (χ0) is 19.4. The van der Waals surface area contributed by atoms with Gasteiger partial charge in [0.1, 0.15) is 10.6 Å². The number of amides is 1. The molecule has 146 valence electrons. The monoisotopic (exact) mass is 397 g/mol. The number of hydrogen-bond donors (Lipinski definition) is 2. The highest BCUT2D eigenvalue weighted by molar-refractivity contribution is 7.89. The fourth-order valence-corrected chi connectivity index (χ4v) is 6.08. The number of benzene rings is 2. The van der Waals surface area contributed by atoms with Crippen LogP contribution in [-0.2, 0) is 20.2 Å². The van der Waals surface area contributed by atoms with Crippen molar-refractivity contribution in [1.29, 1.82) is 0 Å². The lowest BCUT2D eigenvalue weighted by Crippen LogP contribution is -2.63. The predicted octanol–water partition coefficient (Wildman–Crippen LogP) is 2.44. The van der Waals surface area contributed by atoms with Gasteiger partial charge in [-0.3, -0.25) is 4.79 Å². The van der Waals surface area contributed by atoms with Crippen molar-refractivity contribution in [2.75, 3.05) is 18.4 Å². The average Bonchev–Trinajstić information content (AvgIpc) is 3.50. The molecule has 1 amide bonds. The fourth-order valence-electron chi connectivity index (χ4n) is 4.53. The van der Waals surface area contributed by atoms with Crippen molar-refractivity contribution in [3.63, 3.8) is 0 Å². The SMILES string of the molecule is O=C(N1CCC2(CC1)Nc1ccccc1S(=O)(=O)N2)C1(c2ccccc2)CC1. The average molecular weight is 398 g/mol. The van der Waals surface area contributed by atoms with Gasteiger partial charge in [0, 0.05) is 25.9 Å². The minimum absolute atomic E-state index is 0.174. The number of nitrogens with zero attached hydrogens (tertiary/aromatic N) is 1. The summed E-state index contributed by atoms with van der Waals surface area (Å²) in [5.74, 6) is 0.174. The number of likely N-dealkylation sites (tertiary alicyclic amines) is 1. The number of hydrogen-bond acceptors (Lipinski definition) is 4. The van der Waals surface area contributed by atoms with Gasteiger partial charge in [0.05, 0.1) is 11.1 Å². The number of piperidine rings is 1. The standard InChI is InChI=1S/C21H23N3O3S/c25-19(20(10-11-20)16-6-2-1-3-7-16)24-14-12-21(13-15-24)22-17-8-4-5-9-18(17)28(26,27)23-21/h1-9,22-23H,10-15H2. The third-order valence-electron chi connectivity index (χ3n) is 6.27. The van der Waals surface area contributed by atoms with Crippen LogP contribution in [0, 0.1) is 0 Å². The third kappa shape index (κ3) is 2.72. The highest BCUT2D eigenvalue weighted by atomic mass is 32.2. The molecule has 1 aliphatic carbocycles. The molecule has 2 N–H and O–H groups in total. The topological polar surface area (TPSA) is 78.5 Å². The van der Waals surface area contributed by atoms with Crippen molar-refractivity contribution in [3.05, 3.63) is 60.2 Å². The second-order valence-corrected chi connectivity index (χ2v) is 9.70. The fraction of sp³-hybridized carbons (Fsp3) is 0.381. The molecule has 28 heavy (non-hydrogen) atoms. The second-order valence-electron chi connectivity index (χ2n) is 8.05. The van der Waals surface area contributed by atoms with E-state index >= 15 is 0 Å². The molecule has 0 radical (unpaired) electrons. The van der Waals surface area contributed by atoms with Gasteiger partial charge in [-0.25, -0.2) is 8.42 Å². The van der Waals surface area contributed by atoms with E-state index in [2.05, 4.69) is 10.0 Å². The Balaban J connectivity index is 1.34. The number of carbonyl (C=O) groups is 1. The molecule has 2 heterocycles. The molecule has 0 atom stereocenters. The molecule has 0 bridgehead atoms. The van der Waals surface area contributed by atoms with Crippen LogP contribution in [0.5, 0.6) is 0 Å². The lowest BCUT2D eigenvalue weighted by atomic mass is 9.91. The Hall–Kier alpha value is -2.38. The summed E-state index contributed by atoms with van der Waals surface area (Å²) in [4.78, 5) is 15.4. The molecule has 7 heteroatoms. The molecule has 3 aliphatic rings. The largest absolute Gasteiger partial charge is 0.365 e. The first-order chi connectivity index (χ1) is 13.4. The summed E-state index contributed by atoms with van der Waals surface area (Å²) in [6.07, 6.45) is 2.85. The minimum atomic E-state index is -3.56. The van der Waals surface area contributed by atoms with Gasteiger partial charge in [0.25, 0.3) is 0 Å². The molecule has 2 aliphatic heterocycles. The summed E-state index contributed by atoms with van der Waals surface area (Å²) >= 11 is 0. The summed E-state index contributed by atoms with van der Waals surface area (Å²) in [5, 5.41) is 3.39. The van der Waals surface area contributed by atoms with Crippen molar-refractivity contribution in [1.82, 2.24) is 9.62 Å². The smallest absolute Gasteiger partial charge is 0.244 e. The van der Waals surface area contributed by atoms with Gasteiger partial charge in [0.15, 0.2) is 0 Å². The quantitative estimate of drug-likeness (QED) is 0.816. The first-order valence-corrected chi connectivity index (χ1v) is 11.2. The first kappa shape index (κ1) is 17.7. The molecule has 5 rings (SSSR count). The Morgan fingerprint density at radius 1 is 0.893 bits per heavy atom. The van der Waals surface area contributed by atoms with Crippen molar-refractivity contribution in [3.8, 4) is 0 Å². The first-order valence-electron chi connectivity index (χ1n) is 9.70. The summed E-state index contributed by atoms with van der Waals surface area (Å²) in [5.41, 5.74) is 0.611. The van der Waals surface area contributed by atoms with Crippen LogP contribution in [0.15, 0.2) is 59.5 Å². The van der Waals surface area contributed by atoms with Gasteiger partial charge >= 0.3 is 0 Å². The van der Waals surface area contributed by atoms with E-state index in [0.717, 1.165) is 18.4 Å². The molecular weight excluding hydrogens is 374 g/mol. The summed E-state index contributed by atoms with van der Waals surface area (Å²) in [7, 11) is -3.56. The van der Waals surface area contributed by atoms with Gasteiger partial charge < -0.3 is 10.2 Å². The van der Waals surface area contributed by atoms with Gasteiger partial charge in [-0.15, -0.1) is 0 Å². The molecule has 1 saturated carbocycles. The Kier molecular flexibility index (Phi) is 3.83. The van der Waals surface area contributed by atoms with E-state index in [1.54, 1.807) is 18.2 Å². The maximum Gasteiger partial charge on any atom is 0.244 e. The lowest BCUT2D eigenvalue weighted by molar-refractivity contribution is -0.135. The van der Waals surface area contributed by atoms with Crippen LogP contribution in [0.3, 0.4) is 0 Å². The van der Waals surface area contributed by atoms with Crippen LogP contribution < -0.4 is 10.0 Å². The van der Waals surface area contributed by atoms with Crippen molar-refractivity contribution < 1.29 is 13.2 Å². The predicted molar refractivity (Wildman–Crippen MR) is 106 cm³/mol. The maximum atomic E-state index is 13.2. The Morgan fingerprint density at radius 2 is 1.54 bits per heavy atom. The van der Waals surface area contributed by atoms with Crippen LogP contribution in [0.1, 0.15) is 31.2 Å². The number of carbonyl (C=O) groups excluding carboxylic acids is 1. The van der Waals surface area contributed by atoms with E-state index in [4.69, 9.17) is 0 Å². The molecule has 0 aromatic heterocycles. The van der Waals surface area contributed by atoms with Crippen molar-refractivity contribution >= 4 is 21.6 Å². The number of fused-ring (bicyclic) bond motifs is 1. The summed E-state index contributed by atoms with van der Waals surface area (Å²) in [6.45, 7) is 1.07. The summed E-state index contributed by atoms with van der Waals surface area (Å²) < 4.78 is 28.2. The van der Waals surface area contributed by atoms with Crippen LogP contribution in [-0.4, -0.2) is 38.0 Å². The van der Waals surface area contributed by atoms with E-state index in [-0.39, 0.29) is 16.2 Å². The van der Waals surface area contributed by atoms with Crippen LogP contribution >= 0.6 is 0 Å². The Morgan fingerprint density at radius 3 is 2.21 bits per heavy atom. The summed E-state index contributed by atoms with van der Waals surface area (Å²) in [6, 6.07) is 16.9. The van der Waals surface area contributed by atoms with Crippen LogP contribution in [0.25, 0.3) is 0 Å². The van der Waals surface area contributed by atoms with E-state index < -0.39 is 15.7 Å². The molecule has 1 saturated heterocycles. The van der Waals surface area contributed by atoms with Gasteiger partial charge in [-0.2, -0.15) is 4.72 Å². The van der Waals surface area contributed by atoms with E-state index in [1.807, 2.05) is 41.3 Å². The molecular formula is C21H23N3O3S. The third-order valence-corrected chi connectivity index (χ3v) is 7.86. The van der Waals surface area contributed by atoms with E-state index in [9.17, 15) is 13.2 Å². The molecule has 1 spiro atoms. The van der Waals surface area contributed by atoms with Crippen molar-refractivity contribution in [2.24, 2.45) is 0 Å². The number of rotatable bonds is 2. The van der Waals surface area contributed by atoms with Gasteiger partial charge in [-0.05, 0) is 30.5 Å². The minimum Gasteiger partial charge on any atom is -0.365 e. The normalized spacial score (nSPS) is 23.5. The zero-order valence-corrected chi connectivity index (χ0v) is 16.3.